The molecule has 1 amide bonds. The minimum atomic E-state index is -0.144. The van der Waals surface area contributed by atoms with Crippen LogP contribution < -0.4 is 10.6 Å². The Kier molecular flexibility index (Phi) is 4.30. The molecule has 0 unspecified atom stereocenters. The molecule has 1 aromatic heterocycles. The summed E-state index contributed by atoms with van der Waals surface area (Å²) in [6.07, 6.45) is 9.53. The van der Waals surface area contributed by atoms with Gasteiger partial charge in [-0.1, -0.05) is 18.2 Å². The number of benzene rings is 2. The van der Waals surface area contributed by atoms with Gasteiger partial charge >= 0.3 is 0 Å². The maximum absolute atomic E-state index is 13.1. The van der Waals surface area contributed by atoms with Crippen molar-refractivity contribution in [3.8, 4) is 5.69 Å². The predicted octanol–water partition coefficient (Wildman–Crippen LogP) is 4.30. The van der Waals surface area contributed by atoms with Crippen LogP contribution in [0.3, 0.4) is 0 Å². The van der Waals surface area contributed by atoms with Gasteiger partial charge in [0.1, 0.15) is 6.33 Å². The van der Waals surface area contributed by atoms with Crippen LogP contribution in [-0.2, 0) is 0 Å². The van der Waals surface area contributed by atoms with Gasteiger partial charge in [-0.25, -0.2) is 4.68 Å². The number of para-hydroxylation sites is 2. The Balaban J connectivity index is 1.23. The molecule has 4 bridgehead atoms. The van der Waals surface area contributed by atoms with Crippen LogP contribution >= 0.6 is 0 Å². The van der Waals surface area contributed by atoms with Crippen LogP contribution in [0.25, 0.3) is 5.69 Å². The summed E-state index contributed by atoms with van der Waals surface area (Å²) < 4.78 is 1.54. The summed E-state index contributed by atoms with van der Waals surface area (Å²) in [5.74, 6) is 2.47. The molecule has 31 heavy (non-hydrogen) atoms. The number of hydrogen-bond donors (Lipinski definition) is 2. The van der Waals surface area contributed by atoms with E-state index in [1.807, 2.05) is 30.3 Å². The molecule has 0 aliphatic heterocycles. The quantitative estimate of drug-likeness (QED) is 0.650. The van der Waals surface area contributed by atoms with Crippen LogP contribution in [0.15, 0.2) is 54.9 Å². The monoisotopic (exact) mass is 414 g/mol. The SMILES string of the molecule is O=C(Nc1ccccc1NC12CC3CC(CC(C3)C1)C2)c1cccc(-n2cnnn2)c1. The van der Waals surface area contributed by atoms with Gasteiger partial charge in [0, 0.05) is 11.1 Å². The Morgan fingerprint density at radius 1 is 0.935 bits per heavy atom. The van der Waals surface area contributed by atoms with Crippen LogP contribution in [0, 0.1) is 17.8 Å². The maximum atomic E-state index is 13.1. The Morgan fingerprint density at radius 3 is 2.32 bits per heavy atom. The normalized spacial score (nSPS) is 28.5. The first-order valence-electron chi connectivity index (χ1n) is 11.2. The van der Waals surface area contributed by atoms with Gasteiger partial charge in [0.15, 0.2) is 0 Å². The molecule has 4 aliphatic carbocycles. The van der Waals surface area contributed by atoms with E-state index in [2.05, 4.69) is 32.2 Å². The number of nitrogens with one attached hydrogen (secondary N) is 2. The summed E-state index contributed by atoms with van der Waals surface area (Å²) in [5, 5.41) is 18.3. The number of aromatic nitrogens is 4. The van der Waals surface area contributed by atoms with Crippen LogP contribution in [0.1, 0.15) is 48.9 Å². The average Bonchev–Trinajstić information content (AvgIpc) is 3.29. The highest BCUT2D eigenvalue weighted by Gasteiger charge is 2.51. The Bertz CT molecular complexity index is 1070. The molecule has 3 aromatic rings. The van der Waals surface area contributed by atoms with Gasteiger partial charge in [-0.15, -0.1) is 5.10 Å². The van der Waals surface area contributed by atoms with E-state index >= 15 is 0 Å². The highest BCUT2D eigenvalue weighted by Crippen LogP contribution is 2.56. The Morgan fingerprint density at radius 2 is 1.65 bits per heavy atom. The van der Waals surface area contributed by atoms with E-state index in [1.165, 1.54) is 44.9 Å². The molecule has 2 N–H and O–H groups in total. The summed E-state index contributed by atoms with van der Waals surface area (Å²) in [5.41, 5.74) is 3.36. The lowest BCUT2D eigenvalue weighted by molar-refractivity contribution is 0.0107. The zero-order chi connectivity index (χ0) is 20.8. The lowest BCUT2D eigenvalue weighted by Gasteiger charge is -2.57. The van der Waals surface area contributed by atoms with Gasteiger partial charge in [0.05, 0.1) is 17.1 Å². The molecule has 2 aromatic carbocycles. The minimum absolute atomic E-state index is 0.144. The van der Waals surface area contributed by atoms with Crippen molar-refractivity contribution < 1.29 is 4.79 Å². The summed E-state index contributed by atoms with van der Waals surface area (Å²) >= 11 is 0. The van der Waals surface area contributed by atoms with Crippen LogP contribution in [-0.4, -0.2) is 31.7 Å². The van der Waals surface area contributed by atoms with E-state index < -0.39 is 0 Å². The van der Waals surface area contributed by atoms with Gasteiger partial charge in [-0.2, -0.15) is 0 Å². The molecule has 4 saturated carbocycles. The first-order chi connectivity index (χ1) is 15.2. The van der Waals surface area contributed by atoms with Crippen molar-refractivity contribution in [1.82, 2.24) is 20.2 Å². The number of rotatable bonds is 5. The fourth-order valence-corrected chi connectivity index (χ4v) is 6.51. The summed E-state index contributed by atoms with van der Waals surface area (Å²) in [6, 6.07) is 15.4. The highest BCUT2D eigenvalue weighted by atomic mass is 16.1. The zero-order valence-corrected chi connectivity index (χ0v) is 17.4. The standard InChI is InChI=1S/C24H26N6O/c31-23(19-4-3-5-20(11-19)30-15-25-28-29-30)26-21-6-1-2-7-22(21)27-24-12-16-8-17(13-24)10-18(9-16)14-24/h1-7,11,15-18,27H,8-10,12-14H2,(H,26,31). The van der Waals surface area contributed by atoms with Crippen molar-refractivity contribution >= 4 is 17.3 Å². The van der Waals surface area contributed by atoms with Gasteiger partial charge in [0.25, 0.3) is 5.91 Å². The minimum Gasteiger partial charge on any atom is -0.378 e. The van der Waals surface area contributed by atoms with Gasteiger partial charge in [-0.3, -0.25) is 4.79 Å². The molecule has 0 spiro atoms. The van der Waals surface area contributed by atoms with E-state index in [4.69, 9.17) is 0 Å². The summed E-state index contributed by atoms with van der Waals surface area (Å²) in [7, 11) is 0. The second kappa shape index (κ2) is 7.18. The average molecular weight is 415 g/mol. The van der Waals surface area contributed by atoms with Crippen molar-refractivity contribution in [3.63, 3.8) is 0 Å². The number of nitrogens with zero attached hydrogens (tertiary/aromatic N) is 4. The van der Waals surface area contributed by atoms with E-state index in [1.54, 1.807) is 16.8 Å². The van der Waals surface area contributed by atoms with Gasteiger partial charge < -0.3 is 10.6 Å². The number of anilines is 2. The van der Waals surface area contributed by atoms with E-state index in [0.29, 0.717) is 5.56 Å². The lowest BCUT2D eigenvalue weighted by Crippen LogP contribution is -2.54. The number of hydrogen-bond acceptors (Lipinski definition) is 5. The molecule has 7 rings (SSSR count). The molecule has 0 atom stereocenters. The molecule has 1 heterocycles. The van der Waals surface area contributed by atoms with Crippen molar-refractivity contribution in [2.75, 3.05) is 10.6 Å². The fourth-order valence-electron chi connectivity index (χ4n) is 6.51. The first kappa shape index (κ1) is 18.5. The summed E-state index contributed by atoms with van der Waals surface area (Å²) in [6.45, 7) is 0. The maximum Gasteiger partial charge on any atom is 0.255 e. The second-order valence-electron chi connectivity index (χ2n) is 9.63. The number of amides is 1. The number of carbonyl (C=O) groups is 1. The Hall–Kier alpha value is -3.22. The largest absolute Gasteiger partial charge is 0.378 e. The molecule has 7 heteroatoms. The molecule has 158 valence electrons. The van der Waals surface area contributed by atoms with Gasteiger partial charge in [0.2, 0.25) is 0 Å². The molecule has 4 fully saturated rings. The van der Waals surface area contributed by atoms with Gasteiger partial charge in [-0.05, 0) is 97.0 Å². The van der Waals surface area contributed by atoms with Crippen molar-refractivity contribution in [3.05, 3.63) is 60.4 Å². The number of tetrazole rings is 1. The molecule has 0 radical (unpaired) electrons. The third kappa shape index (κ3) is 3.48. The lowest BCUT2D eigenvalue weighted by atomic mass is 9.53. The topological polar surface area (TPSA) is 84.7 Å². The van der Waals surface area contributed by atoms with Crippen LogP contribution in [0.5, 0.6) is 0 Å². The predicted molar refractivity (Wildman–Crippen MR) is 118 cm³/mol. The molecule has 4 aliphatic rings. The number of carbonyl (C=O) groups excluding carboxylic acids is 1. The molecule has 0 saturated heterocycles. The second-order valence-corrected chi connectivity index (χ2v) is 9.63. The third-order valence-electron chi connectivity index (χ3n) is 7.34. The van der Waals surface area contributed by atoms with E-state index in [0.717, 1.165) is 34.8 Å². The van der Waals surface area contributed by atoms with Crippen molar-refractivity contribution in [2.24, 2.45) is 17.8 Å². The zero-order valence-electron chi connectivity index (χ0n) is 17.4. The van der Waals surface area contributed by atoms with Crippen LogP contribution in [0.2, 0.25) is 0 Å². The van der Waals surface area contributed by atoms with Crippen LogP contribution in [0.4, 0.5) is 11.4 Å². The molecular formula is C24H26N6O. The van der Waals surface area contributed by atoms with E-state index in [9.17, 15) is 4.79 Å². The molecule has 7 nitrogen and oxygen atoms in total. The van der Waals surface area contributed by atoms with Crippen molar-refractivity contribution in [1.29, 1.82) is 0 Å². The molecular weight excluding hydrogens is 388 g/mol. The smallest absolute Gasteiger partial charge is 0.255 e. The third-order valence-corrected chi connectivity index (χ3v) is 7.34. The van der Waals surface area contributed by atoms with Crippen molar-refractivity contribution in [2.45, 2.75) is 44.1 Å². The first-order valence-corrected chi connectivity index (χ1v) is 11.2. The van der Waals surface area contributed by atoms with E-state index in [-0.39, 0.29) is 11.4 Å². The summed E-state index contributed by atoms with van der Waals surface area (Å²) in [4.78, 5) is 13.1. The Labute approximate surface area is 181 Å². The highest BCUT2D eigenvalue weighted by molar-refractivity contribution is 6.06. The fraction of sp³-hybridized carbons (Fsp3) is 0.417.